The first-order valence-corrected chi connectivity index (χ1v) is 5.48. The Morgan fingerprint density at radius 1 is 1.47 bits per heavy atom. The molecule has 0 aromatic rings. The SMILES string of the molecule is CC(C)(C)OC(=O)NCC1CCC(F)C1. The number of rotatable bonds is 2. The summed E-state index contributed by atoms with van der Waals surface area (Å²) in [5, 5.41) is 2.67. The van der Waals surface area contributed by atoms with Gasteiger partial charge in [-0.3, -0.25) is 0 Å². The number of carbonyl (C=O) groups excluding carboxylic acids is 1. The monoisotopic (exact) mass is 217 g/mol. The topological polar surface area (TPSA) is 38.3 Å². The maximum absolute atomic E-state index is 12.8. The molecule has 4 heteroatoms. The van der Waals surface area contributed by atoms with Crippen LogP contribution in [0.5, 0.6) is 0 Å². The van der Waals surface area contributed by atoms with E-state index >= 15 is 0 Å². The molecule has 1 saturated carbocycles. The van der Waals surface area contributed by atoms with Gasteiger partial charge in [0.05, 0.1) is 0 Å². The van der Waals surface area contributed by atoms with E-state index in [9.17, 15) is 9.18 Å². The summed E-state index contributed by atoms with van der Waals surface area (Å²) in [5.41, 5.74) is -0.470. The van der Waals surface area contributed by atoms with Gasteiger partial charge in [0, 0.05) is 6.54 Å². The summed E-state index contributed by atoms with van der Waals surface area (Å²) >= 11 is 0. The van der Waals surface area contributed by atoms with E-state index in [2.05, 4.69) is 5.32 Å². The zero-order chi connectivity index (χ0) is 11.5. The fraction of sp³-hybridized carbons (Fsp3) is 0.909. The second-order valence-corrected chi connectivity index (χ2v) is 5.16. The molecule has 0 spiro atoms. The third-order valence-corrected chi connectivity index (χ3v) is 2.41. The number of halogens is 1. The number of amides is 1. The van der Waals surface area contributed by atoms with E-state index in [-0.39, 0.29) is 5.92 Å². The van der Waals surface area contributed by atoms with Crippen molar-refractivity contribution in [3.8, 4) is 0 Å². The smallest absolute Gasteiger partial charge is 0.407 e. The van der Waals surface area contributed by atoms with E-state index in [1.54, 1.807) is 0 Å². The van der Waals surface area contributed by atoms with Crippen LogP contribution in [0.3, 0.4) is 0 Å². The van der Waals surface area contributed by atoms with Gasteiger partial charge in [-0.2, -0.15) is 0 Å². The molecule has 0 bridgehead atoms. The first-order chi connectivity index (χ1) is 6.87. The average Bonchev–Trinajstić information content (AvgIpc) is 2.45. The number of carbonyl (C=O) groups is 1. The molecular formula is C11H20FNO2. The predicted octanol–water partition coefficient (Wildman–Crippen LogP) is 2.65. The van der Waals surface area contributed by atoms with Crippen molar-refractivity contribution in [1.29, 1.82) is 0 Å². The minimum Gasteiger partial charge on any atom is -0.444 e. The molecule has 2 atom stereocenters. The van der Waals surface area contributed by atoms with Crippen LogP contribution in [0.1, 0.15) is 40.0 Å². The van der Waals surface area contributed by atoms with Gasteiger partial charge < -0.3 is 10.1 Å². The lowest BCUT2D eigenvalue weighted by molar-refractivity contribution is 0.0519. The molecule has 0 radical (unpaired) electrons. The minimum absolute atomic E-state index is 0.271. The van der Waals surface area contributed by atoms with Crippen LogP contribution < -0.4 is 5.32 Å². The maximum atomic E-state index is 12.8. The highest BCUT2D eigenvalue weighted by molar-refractivity contribution is 5.67. The van der Waals surface area contributed by atoms with Crippen molar-refractivity contribution >= 4 is 6.09 Å². The van der Waals surface area contributed by atoms with Gasteiger partial charge in [0.25, 0.3) is 0 Å². The Morgan fingerprint density at radius 2 is 2.13 bits per heavy atom. The van der Waals surface area contributed by atoms with Crippen LogP contribution in [-0.2, 0) is 4.74 Å². The lowest BCUT2D eigenvalue weighted by Gasteiger charge is -2.20. The van der Waals surface area contributed by atoms with Gasteiger partial charge in [0.15, 0.2) is 0 Å². The number of hydrogen-bond acceptors (Lipinski definition) is 2. The van der Waals surface area contributed by atoms with Gasteiger partial charge in [-0.05, 0) is 46.0 Å². The Kier molecular flexibility index (Phi) is 3.94. The molecule has 1 fully saturated rings. The number of ether oxygens (including phenoxy) is 1. The van der Waals surface area contributed by atoms with Gasteiger partial charge in [0.2, 0.25) is 0 Å². The zero-order valence-electron chi connectivity index (χ0n) is 9.68. The highest BCUT2D eigenvalue weighted by Gasteiger charge is 2.25. The van der Waals surface area contributed by atoms with Crippen molar-refractivity contribution in [3.63, 3.8) is 0 Å². The van der Waals surface area contributed by atoms with E-state index in [1.807, 2.05) is 20.8 Å². The summed E-state index contributed by atoms with van der Waals surface area (Å²) in [6, 6.07) is 0. The molecule has 3 nitrogen and oxygen atoms in total. The Morgan fingerprint density at radius 3 is 2.60 bits per heavy atom. The Bertz CT molecular complexity index is 225. The largest absolute Gasteiger partial charge is 0.444 e. The summed E-state index contributed by atoms with van der Waals surface area (Å²) in [6.07, 6.45) is 0.952. The molecule has 1 aliphatic carbocycles. The molecule has 1 rings (SSSR count). The third kappa shape index (κ3) is 5.00. The fourth-order valence-electron chi connectivity index (χ4n) is 1.74. The van der Waals surface area contributed by atoms with Gasteiger partial charge in [0.1, 0.15) is 11.8 Å². The van der Waals surface area contributed by atoms with Gasteiger partial charge in [-0.25, -0.2) is 9.18 Å². The highest BCUT2D eigenvalue weighted by Crippen LogP contribution is 2.27. The van der Waals surface area contributed by atoms with Crippen molar-refractivity contribution in [2.45, 2.75) is 51.8 Å². The number of nitrogens with one attached hydrogen (secondary N) is 1. The molecule has 0 aliphatic heterocycles. The predicted molar refractivity (Wildman–Crippen MR) is 56.5 cm³/mol. The van der Waals surface area contributed by atoms with Gasteiger partial charge in [-0.1, -0.05) is 0 Å². The zero-order valence-corrected chi connectivity index (χ0v) is 9.68. The van der Waals surface area contributed by atoms with Crippen LogP contribution in [0.2, 0.25) is 0 Å². The quantitative estimate of drug-likeness (QED) is 0.772. The molecule has 1 amide bonds. The molecular weight excluding hydrogens is 197 g/mol. The third-order valence-electron chi connectivity index (χ3n) is 2.41. The fourth-order valence-corrected chi connectivity index (χ4v) is 1.74. The molecule has 0 saturated heterocycles. The van der Waals surface area contributed by atoms with Crippen LogP contribution in [-0.4, -0.2) is 24.4 Å². The standard InChI is InChI=1S/C11H20FNO2/c1-11(2,3)15-10(14)13-7-8-4-5-9(12)6-8/h8-9H,4-7H2,1-3H3,(H,13,14). The van der Waals surface area contributed by atoms with E-state index in [4.69, 9.17) is 4.74 Å². The second kappa shape index (κ2) is 4.81. The van der Waals surface area contributed by atoms with E-state index in [0.29, 0.717) is 19.4 Å². The van der Waals surface area contributed by atoms with Crippen LogP contribution in [0.15, 0.2) is 0 Å². The normalized spacial score (nSPS) is 26.4. The molecule has 0 heterocycles. The summed E-state index contributed by atoms with van der Waals surface area (Å²) in [6.45, 7) is 5.98. The summed E-state index contributed by atoms with van der Waals surface area (Å²) < 4.78 is 17.9. The van der Waals surface area contributed by atoms with Crippen LogP contribution >= 0.6 is 0 Å². The molecule has 2 unspecified atom stereocenters. The van der Waals surface area contributed by atoms with Gasteiger partial charge >= 0.3 is 6.09 Å². The van der Waals surface area contributed by atoms with Crippen LogP contribution in [0.4, 0.5) is 9.18 Å². The highest BCUT2D eigenvalue weighted by atomic mass is 19.1. The van der Waals surface area contributed by atoms with Crippen LogP contribution in [0, 0.1) is 5.92 Å². The van der Waals surface area contributed by atoms with Crippen LogP contribution in [0.25, 0.3) is 0 Å². The Labute approximate surface area is 90.4 Å². The van der Waals surface area contributed by atoms with Crippen molar-refractivity contribution in [2.75, 3.05) is 6.54 Å². The summed E-state index contributed by atoms with van der Waals surface area (Å²) in [7, 11) is 0. The molecule has 0 aromatic heterocycles. The number of hydrogen-bond donors (Lipinski definition) is 1. The Balaban J connectivity index is 2.17. The minimum atomic E-state index is -0.685. The molecule has 1 aliphatic rings. The van der Waals surface area contributed by atoms with E-state index in [1.165, 1.54) is 0 Å². The van der Waals surface area contributed by atoms with E-state index in [0.717, 1.165) is 6.42 Å². The summed E-state index contributed by atoms with van der Waals surface area (Å²) in [4.78, 5) is 11.3. The first-order valence-electron chi connectivity index (χ1n) is 5.48. The Hall–Kier alpha value is -0.800. The molecule has 0 aromatic carbocycles. The molecule has 1 N–H and O–H groups in total. The lowest BCUT2D eigenvalue weighted by atomic mass is 10.1. The average molecular weight is 217 g/mol. The van der Waals surface area contributed by atoms with Crippen molar-refractivity contribution in [2.24, 2.45) is 5.92 Å². The van der Waals surface area contributed by atoms with Crippen molar-refractivity contribution < 1.29 is 13.9 Å². The van der Waals surface area contributed by atoms with Gasteiger partial charge in [-0.15, -0.1) is 0 Å². The summed E-state index contributed by atoms with van der Waals surface area (Å²) in [5.74, 6) is 0.271. The molecule has 88 valence electrons. The number of alkyl halides is 1. The first kappa shape index (κ1) is 12.3. The second-order valence-electron chi connectivity index (χ2n) is 5.16. The number of alkyl carbamates (subject to hydrolysis) is 1. The van der Waals surface area contributed by atoms with Crippen molar-refractivity contribution in [1.82, 2.24) is 5.32 Å². The molecule has 15 heavy (non-hydrogen) atoms. The van der Waals surface area contributed by atoms with Crippen molar-refractivity contribution in [3.05, 3.63) is 0 Å². The lowest BCUT2D eigenvalue weighted by Crippen LogP contribution is -2.34. The van der Waals surface area contributed by atoms with E-state index < -0.39 is 17.9 Å². The maximum Gasteiger partial charge on any atom is 0.407 e.